The van der Waals surface area contributed by atoms with Gasteiger partial charge in [0.15, 0.2) is 23.0 Å². The zero-order valence-corrected chi connectivity index (χ0v) is 25.7. The maximum absolute atomic E-state index is 13.4. The Morgan fingerprint density at radius 1 is 0.841 bits per heavy atom. The highest BCUT2D eigenvalue weighted by Gasteiger charge is 2.70. The summed E-state index contributed by atoms with van der Waals surface area (Å²) >= 11 is 0. The van der Waals surface area contributed by atoms with E-state index >= 15 is 0 Å². The van der Waals surface area contributed by atoms with Gasteiger partial charge in [0.1, 0.15) is 23.9 Å². The van der Waals surface area contributed by atoms with Gasteiger partial charge in [0.25, 0.3) is 0 Å². The number of likely N-dealkylation sites (tertiary alicyclic amines) is 2. The Kier molecular flexibility index (Phi) is 4.89. The summed E-state index contributed by atoms with van der Waals surface area (Å²) in [7, 11) is 7.82. The number of aliphatic hydroxyl groups is 2. The number of hydrogen-bond donors (Lipinski definition) is 2. The van der Waals surface area contributed by atoms with E-state index in [4.69, 9.17) is 18.9 Å². The van der Waals surface area contributed by atoms with Crippen molar-refractivity contribution < 1.29 is 29.2 Å². The molecule has 8 aliphatic rings. The van der Waals surface area contributed by atoms with E-state index in [1.807, 2.05) is 24.3 Å². The molecule has 0 radical (unpaired) electrons. The van der Waals surface area contributed by atoms with Gasteiger partial charge in [0, 0.05) is 45.9 Å². The first-order valence-electron chi connectivity index (χ1n) is 16.2. The molecular formula is C36H40N2O6. The molecule has 230 valence electrons. The minimum Gasteiger partial charge on any atom is -0.493 e. The number of rotatable bonds is 3. The Labute approximate surface area is 257 Å². The number of nitrogens with zero attached hydrogens (tertiary/aromatic N) is 2. The summed E-state index contributed by atoms with van der Waals surface area (Å²) in [5.41, 5.74) is 3.50. The summed E-state index contributed by atoms with van der Waals surface area (Å²) in [5, 5.41) is 24.6. The SMILES string of the molecule is COc1ccc2c3c1O[C@@H]1[C@]34CCN(C)[C@H](C2)[C@@H]4C=C[C@@]1(O)c1cc(OC)c2c3c1C[C@@H]1[C@@H]4C=C[C@H](O)[C@H](O2)[C@]34CCN1C. The fourth-order valence-corrected chi connectivity index (χ4v) is 11.5. The van der Waals surface area contributed by atoms with Crippen LogP contribution in [0.2, 0.25) is 0 Å². The molecule has 0 amide bonds. The molecule has 2 spiro atoms. The topological polar surface area (TPSA) is 83.9 Å². The van der Waals surface area contributed by atoms with Crippen molar-refractivity contribution in [3.8, 4) is 23.0 Å². The first-order valence-corrected chi connectivity index (χ1v) is 16.2. The predicted octanol–water partition coefficient (Wildman–Crippen LogP) is 2.84. The Morgan fingerprint density at radius 2 is 1.55 bits per heavy atom. The molecule has 10 atom stereocenters. The van der Waals surface area contributed by atoms with E-state index in [1.165, 1.54) is 11.1 Å². The minimum atomic E-state index is -1.41. The summed E-state index contributed by atoms with van der Waals surface area (Å²) in [6, 6.07) is 6.83. The standard InChI is InChI=1S/C36H40N2O6/c1-37-14-12-35-21-9-10-36(40,33(35)44-30-26(41-3)8-5-18(28(30)35)15-23(21)37)22-17-27(42-4)31-29-19(22)16-24-20-6-7-25(39)32(43-31)34(20,29)11-13-38(24)2/h5-10,17,20-21,23-25,32-33,39-40H,11-16H2,1-4H3/t20-,21-,23+,24+,25-,32-,33+,34-,35-,36+/m0/s1. The maximum Gasteiger partial charge on any atom is 0.166 e. The normalized spacial score (nSPS) is 43.2. The number of hydrogen-bond acceptors (Lipinski definition) is 8. The minimum absolute atomic E-state index is 0.217. The lowest BCUT2D eigenvalue weighted by Crippen LogP contribution is -2.67. The van der Waals surface area contributed by atoms with E-state index in [-0.39, 0.29) is 34.8 Å². The molecule has 8 nitrogen and oxygen atoms in total. The van der Waals surface area contributed by atoms with Crippen molar-refractivity contribution >= 4 is 0 Å². The van der Waals surface area contributed by atoms with Crippen molar-refractivity contribution in [2.45, 2.75) is 72.5 Å². The summed E-state index contributed by atoms with van der Waals surface area (Å²) < 4.78 is 25.7. The molecule has 2 fully saturated rings. The van der Waals surface area contributed by atoms with Gasteiger partial charge in [-0.3, -0.25) is 0 Å². The van der Waals surface area contributed by atoms with Crippen LogP contribution in [0.5, 0.6) is 23.0 Å². The summed E-state index contributed by atoms with van der Waals surface area (Å²) in [4.78, 5) is 4.95. The maximum atomic E-state index is 13.4. The highest BCUT2D eigenvalue weighted by Crippen LogP contribution is 2.68. The monoisotopic (exact) mass is 596 g/mol. The molecule has 44 heavy (non-hydrogen) atoms. The molecule has 4 aliphatic heterocycles. The lowest BCUT2D eigenvalue weighted by atomic mass is 9.49. The smallest absolute Gasteiger partial charge is 0.166 e. The number of piperidine rings is 2. The van der Waals surface area contributed by atoms with Crippen LogP contribution in [0, 0.1) is 11.8 Å². The fraction of sp³-hybridized carbons (Fsp3) is 0.556. The van der Waals surface area contributed by atoms with Gasteiger partial charge in [0.2, 0.25) is 0 Å². The van der Waals surface area contributed by atoms with Gasteiger partial charge in [0.05, 0.1) is 14.2 Å². The fourth-order valence-electron chi connectivity index (χ4n) is 11.5. The van der Waals surface area contributed by atoms with E-state index in [9.17, 15) is 10.2 Å². The second kappa shape index (κ2) is 8.21. The van der Waals surface area contributed by atoms with Gasteiger partial charge >= 0.3 is 0 Å². The van der Waals surface area contributed by atoms with Crippen molar-refractivity contribution in [1.29, 1.82) is 0 Å². The molecule has 4 bridgehead atoms. The van der Waals surface area contributed by atoms with E-state index in [1.54, 1.807) is 14.2 Å². The summed E-state index contributed by atoms with van der Waals surface area (Å²) in [6.07, 6.45) is 10.4. The second-order valence-electron chi connectivity index (χ2n) is 14.7. The Balaban J connectivity index is 1.24. The molecular weight excluding hydrogens is 556 g/mol. The van der Waals surface area contributed by atoms with E-state index in [0.717, 1.165) is 72.7 Å². The third-order valence-corrected chi connectivity index (χ3v) is 13.4. The van der Waals surface area contributed by atoms with Crippen LogP contribution in [0.3, 0.4) is 0 Å². The third-order valence-electron chi connectivity index (χ3n) is 13.4. The van der Waals surface area contributed by atoms with Crippen molar-refractivity contribution in [3.05, 3.63) is 70.3 Å². The van der Waals surface area contributed by atoms with Gasteiger partial charge in [-0.25, -0.2) is 0 Å². The average molecular weight is 597 g/mol. The highest BCUT2D eigenvalue weighted by atomic mass is 16.5. The number of ether oxygens (including phenoxy) is 4. The van der Waals surface area contributed by atoms with Gasteiger partial charge in [-0.05, 0) is 87.8 Å². The van der Waals surface area contributed by atoms with E-state index in [2.05, 4.69) is 42.1 Å². The van der Waals surface area contributed by atoms with Gasteiger partial charge in [-0.2, -0.15) is 0 Å². The highest BCUT2D eigenvalue weighted by molar-refractivity contribution is 5.68. The second-order valence-corrected chi connectivity index (χ2v) is 14.7. The third kappa shape index (κ3) is 2.67. The van der Waals surface area contributed by atoms with Crippen LogP contribution in [0.25, 0.3) is 0 Å². The average Bonchev–Trinajstić information content (AvgIpc) is 3.57. The van der Waals surface area contributed by atoms with Crippen LogP contribution in [0.1, 0.15) is 40.7 Å². The van der Waals surface area contributed by atoms with E-state index < -0.39 is 17.8 Å². The quantitative estimate of drug-likeness (QED) is 0.524. The van der Waals surface area contributed by atoms with Crippen LogP contribution in [-0.4, -0.2) is 91.8 Å². The zero-order chi connectivity index (χ0) is 29.9. The number of likely N-dealkylation sites (N-methyl/N-ethyl adjacent to an activating group) is 2. The van der Waals surface area contributed by atoms with Gasteiger partial charge < -0.3 is 39.0 Å². The molecule has 4 aliphatic carbocycles. The Hall–Kier alpha value is -3.04. The molecule has 2 aromatic carbocycles. The largest absolute Gasteiger partial charge is 0.493 e. The van der Waals surface area contributed by atoms with Gasteiger partial charge in [-0.15, -0.1) is 0 Å². The van der Waals surface area contributed by atoms with Crippen molar-refractivity contribution in [1.82, 2.24) is 9.80 Å². The number of benzene rings is 2. The first kappa shape index (κ1) is 26.2. The van der Waals surface area contributed by atoms with Crippen LogP contribution < -0.4 is 18.9 Å². The van der Waals surface area contributed by atoms with Crippen LogP contribution >= 0.6 is 0 Å². The van der Waals surface area contributed by atoms with Crippen LogP contribution in [0.4, 0.5) is 0 Å². The van der Waals surface area contributed by atoms with Crippen LogP contribution in [-0.2, 0) is 29.3 Å². The van der Waals surface area contributed by atoms with Crippen molar-refractivity contribution in [3.63, 3.8) is 0 Å². The number of aliphatic hydroxyl groups excluding tert-OH is 1. The lowest BCUT2D eigenvalue weighted by Gasteiger charge is -2.59. The lowest BCUT2D eigenvalue weighted by molar-refractivity contribution is -0.103. The number of methoxy groups -OCH3 is 2. The molecule has 0 aromatic heterocycles. The molecule has 0 unspecified atom stereocenters. The Bertz CT molecular complexity index is 1700. The summed E-state index contributed by atoms with van der Waals surface area (Å²) in [5.74, 6) is 3.32. The summed E-state index contributed by atoms with van der Waals surface area (Å²) in [6.45, 7) is 1.87. The van der Waals surface area contributed by atoms with Crippen LogP contribution in [0.15, 0.2) is 42.5 Å². The van der Waals surface area contributed by atoms with Gasteiger partial charge in [-0.1, -0.05) is 24.3 Å². The van der Waals surface area contributed by atoms with Crippen molar-refractivity contribution in [2.24, 2.45) is 11.8 Å². The molecule has 0 saturated carbocycles. The molecule has 2 N–H and O–H groups in total. The van der Waals surface area contributed by atoms with Crippen molar-refractivity contribution in [2.75, 3.05) is 41.4 Å². The molecule has 10 rings (SSSR count). The molecule has 2 saturated heterocycles. The molecule has 2 aromatic rings. The molecule has 4 heterocycles. The Morgan fingerprint density at radius 3 is 2.32 bits per heavy atom. The first-order chi connectivity index (χ1) is 21.3. The predicted molar refractivity (Wildman–Crippen MR) is 163 cm³/mol. The molecule has 8 heteroatoms. The zero-order valence-electron chi connectivity index (χ0n) is 25.7. The van der Waals surface area contributed by atoms with E-state index in [0.29, 0.717) is 11.8 Å².